The lowest BCUT2D eigenvalue weighted by Crippen LogP contribution is -2.51. The zero-order valence-corrected chi connectivity index (χ0v) is 18.3. The quantitative estimate of drug-likeness (QED) is 0.789. The molecular weight excluding hydrogens is 414 g/mol. The summed E-state index contributed by atoms with van der Waals surface area (Å²) < 4.78 is 11.1. The van der Waals surface area contributed by atoms with Crippen LogP contribution in [0.5, 0.6) is 0 Å². The number of carbonyl (C=O) groups is 2. The van der Waals surface area contributed by atoms with Gasteiger partial charge >= 0.3 is 0 Å². The molecular formula is C23H27N3O4S. The molecule has 2 amide bonds. The highest BCUT2D eigenvalue weighted by atomic mass is 32.1. The Morgan fingerprint density at radius 1 is 1.16 bits per heavy atom. The van der Waals surface area contributed by atoms with Crippen LogP contribution in [0.1, 0.15) is 41.8 Å². The van der Waals surface area contributed by atoms with Crippen molar-refractivity contribution in [2.75, 3.05) is 31.7 Å². The SMILES string of the molecule is O=C(Nc1nc2c(s1)CN(C(=O)C1(c3ccccc3)CCOCC1)CC2)C1CCCO1. The zero-order chi connectivity index (χ0) is 21.3. The second kappa shape index (κ2) is 8.68. The highest BCUT2D eigenvalue weighted by Gasteiger charge is 2.44. The molecule has 2 saturated heterocycles. The van der Waals surface area contributed by atoms with Crippen molar-refractivity contribution in [3.8, 4) is 0 Å². The largest absolute Gasteiger partial charge is 0.381 e. The molecule has 1 aromatic carbocycles. The third kappa shape index (κ3) is 4.00. The number of rotatable bonds is 4. The van der Waals surface area contributed by atoms with E-state index >= 15 is 0 Å². The highest BCUT2D eigenvalue weighted by molar-refractivity contribution is 7.15. The van der Waals surface area contributed by atoms with Crippen molar-refractivity contribution in [3.63, 3.8) is 0 Å². The van der Waals surface area contributed by atoms with E-state index in [0.717, 1.165) is 29.0 Å². The first-order chi connectivity index (χ1) is 15.2. The van der Waals surface area contributed by atoms with Gasteiger partial charge in [-0.15, -0.1) is 0 Å². The predicted molar refractivity (Wildman–Crippen MR) is 117 cm³/mol. The molecule has 5 rings (SSSR count). The van der Waals surface area contributed by atoms with E-state index in [9.17, 15) is 9.59 Å². The molecule has 1 aromatic heterocycles. The van der Waals surface area contributed by atoms with Crippen LogP contribution in [-0.2, 0) is 37.4 Å². The molecule has 8 heteroatoms. The number of hydrogen-bond acceptors (Lipinski definition) is 6. The number of nitrogens with one attached hydrogen (secondary N) is 1. The highest BCUT2D eigenvalue weighted by Crippen LogP contribution is 2.39. The van der Waals surface area contributed by atoms with Crippen LogP contribution in [0.3, 0.4) is 0 Å². The summed E-state index contributed by atoms with van der Waals surface area (Å²) in [4.78, 5) is 33.8. The topological polar surface area (TPSA) is 80.8 Å². The molecule has 7 nitrogen and oxygen atoms in total. The summed E-state index contributed by atoms with van der Waals surface area (Å²) >= 11 is 1.47. The average molecular weight is 442 g/mol. The van der Waals surface area contributed by atoms with E-state index in [1.54, 1.807) is 0 Å². The van der Waals surface area contributed by atoms with Crippen LogP contribution in [0.25, 0.3) is 0 Å². The van der Waals surface area contributed by atoms with E-state index in [-0.39, 0.29) is 17.9 Å². The van der Waals surface area contributed by atoms with E-state index in [0.29, 0.717) is 57.3 Å². The Hall–Kier alpha value is -2.29. The summed E-state index contributed by atoms with van der Waals surface area (Å²) in [7, 11) is 0. The summed E-state index contributed by atoms with van der Waals surface area (Å²) in [6.45, 7) is 3.01. The van der Waals surface area contributed by atoms with Crippen molar-refractivity contribution >= 4 is 28.3 Å². The molecule has 0 saturated carbocycles. The third-order valence-electron chi connectivity index (χ3n) is 6.55. The molecule has 0 aliphatic carbocycles. The lowest BCUT2D eigenvalue weighted by Gasteiger charge is -2.41. The molecule has 2 aromatic rings. The number of fused-ring (bicyclic) bond motifs is 1. The number of thiazole rings is 1. The van der Waals surface area contributed by atoms with E-state index in [2.05, 4.69) is 22.4 Å². The molecule has 1 N–H and O–H groups in total. The van der Waals surface area contributed by atoms with Gasteiger partial charge in [0.15, 0.2) is 5.13 Å². The van der Waals surface area contributed by atoms with Gasteiger partial charge in [0.2, 0.25) is 5.91 Å². The van der Waals surface area contributed by atoms with Gasteiger partial charge in [-0.2, -0.15) is 0 Å². The van der Waals surface area contributed by atoms with E-state index in [4.69, 9.17) is 9.47 Å². The standard InChI is InChI=1S/C23H27N3O4S/c27-20(18-7-4-12-30-18)25-22-24-17-8-11-26(15-19(17)31-22)21(28)23(9-13-29-14-10-23)16-5-2-1-3-6-16/h1-3,5-6,18H,4,7-15H2,(H,24,25,27). The first-order valence-corrected chi connectivity index (χ1v) is 11.8. The number of benzene rings is 1. The summed E-state index contributed by atoms with van der Waals surface area (Å²) in [5, 5.41) is 3.51. The lowest BCUT2D eigenvalue weighted by atomic mass is 9.73. The predicted octanol–water partition coefficient (Wildman–Crippen LogP) is 2.89. The van der Waals surface area contributed by atoms with Gasteiger partial charge in [0.1, 0.15) is 6.10 Å². The molecule has 2 fully saturated rings. The van der Waals surface area contributed by atoms with Gasteiger partial charge in [0, 0.05) is 37.7 Å². The number of carbonyl (C=O) groups excluding carboxylic acids is 2. The number of hydrogen-bond donors (Lipinski definition) is 1. The molecule has 3 aliphatic heterocycles. The van der Waals surface area contributed by atoms with Crippen LogP contribution in [0.4, 0.5) is 5.13 Å². The van der Waals surface area contributed by atoms with Crippen molar-refractivity contribution in [2.45, 2.75) is 50.2 Å². The minimum Gasteiger partial charge on any atom is -0.381 e. The van der Waals surface area contributed by atoms with E-state index < -0.39 is 5.41 Å². The van der Waals surface area contributed by atoms with Crippen molar-refractivity contribution in [1.82, 2.24) is 9.88 Å². The van der Waals surface area contributed by atoms with Crippen LogP contribution in [0, 0.1) is 0 Å². The maximum absolute atomic E-state index is 13.8. The molecule has 4 heterocycles. The van der Waals surface area contributed by atoms with Gasteiger partial charge < -0.3 is 14.4 Å². The van der Waals surface area contributed by atoms with Gasteiger partial charge in [-0.1, -0.05) is 41.7 Å². The van der Waals surface area contributed by atoms with Crippen LogP contribution < -0.4 is 5.32 Å². The first kappa shape index (κ1) is 20.6. The molecule has 1 atom stereocenters. The summed E-state index contributed by atoms with van der Waals surface area (Å²) in [6.07, 6.45) is 3.39. The lowest BCUT2D eigenvalue weighted by molar-refractivity contribution is -0.142. The smallest absolute Gasteiger partial charge is 0.255 e. The molecule has 0 radical (unpaired) electrons. The monoisotopic (exact) mass is 441 g/mol. The Kier molecular flexibility index (Phi) is 5.77. The normalized spacial score (nSPS) is 22.7. The fourth-order valence-electron chi connectivity index (χ4n) is 4.80. The Morgan fingerprint density at radius 2 is 1.97 bits per heavy atom. The minimum atomic E-state index is -0.529. The molecule has 3 aliphatic rings. The molecule has 0 spiro atoms. The number of aromatic nitrogens is 1. The molecule has 164 valence electrons. The Balaban J connectivity index is 1.33. The van der Waals surface area contributed by atoms with Gasteiger partial charge in [-0.3, -0.25) is 14.9 Å². The van der Waals surface area contributed by atoms with Crippen LogP contribution in [0.15, 0.2) is 30.3 Å². The average Bonchev–Trinajstić information content (AvgIpc) is 3.49. The van der Waals surface area contributed by atoms with Crippen molar-refractivity contribution < 1.29 is 19.1 Å². The van der Waals surface area contributed by atoms with Gasteiger partial charge in [-0.05, 0) is 31.2 Å². The molecule has 1 unspecified atom stereocenters. The van der Waals surface area contributed by atoms with E-state index in [1.165, 1.54) is 11.3 Å². The number of ether oxygens (including phenoxy) is 2. The fraction of sp³-hybridized carbons (Fsp3) is 0.522. The number of anilines is 1. The third-order valence-corrected chi connectivity index (χ3v) is 7.55. The Morgan fingerprint density at radius 3 is 2.71 bits per heavy atom. The van der Waals surface area contributed by atoms with Crippen molar-refractivity contribution in [3.05, 3.63) is 46.5 Å². The first-order valence-electron chi connectivity index (χ1n) is 11.0. The number of amides is 2. The molecule has 31 heavy (non-hydrogen) atoms. The van der Waals surface area contributed by atoms with Gasteiger partial charge in [0.25, 0.3) is 5.91 Å². The van der Waals surface area contributed by atoms with Gasteiger partial charge in [0.05, 0.1) is 17.7 Å². The van der Waals surface area contributed by atoms with Crippen LogP contribution in [0.2, 0.25) is 0 Å². The second-order valence-corrected chi connectivity index (χ2v) is 9.50. The summed E-state index contributed by atoms with van der Waals surface area (Å²) in [6, 6.07) is 10.1. The maximum atomic E-state index is 13.8. The van der Waals surface area contributed by atoms with E-state index in [1.807, 2.05) is 23.1 Å². The summed E-state index contributed by atoms with van der Waals surface area (Å²) in [5.41, 5.74) is 1.53. The minimum absolute atomic E-state index is 0.123. The van der Waals surface area contributed by atoms with Crippen LogP contribution >= 0.6 is 11.3 Å². The maximum Gasteiger partial charge on any atom is 0.255 e. The van der Waals surface area contributed by atoms with Crippen molar-refractivity contribution in [1.29, 1.82) is 0 Å². The van der Waals surface area contributed by atoms with Crippen LogP contribution in [-0.4, -0.2) is 54.2 Å². The number of nitrogens with zero attached hydrogens (tertiary/aromatic N) is 2. The molecule has 0 bridgehead atoms. The van der Waals surface area contributed by atoms with Crippen molar-refractivity contribution in [2.24, 2.45) is 0 Å². The Labute approximate surface area is 185 Å². The Bertz CT molecular complexity index is 949. The summed E-state index contributed by atoms with van der Waals surface area (Å²) in [5.74, 6) is 0.0488. The van der Waals surface area contributed by atoms with Gasteiger partial charge in [-0.25, -0.2) is 4.98 Å². The second-order valence-electron chi connectivity index (χ2n) is 8.42. The fourth-order valence-corrected chi connectivity index (χ4v) is 5.83. The zero-order valence-electron chi connectivity index (χ0n) is 17.5.